The molecule has 0 atom stereocenters. The quantitative estimate of drug-likeness (QED) is 0.777. The minimum Gasteiger partial charge on any atom is -0.385 e. The number of aliphatic hydroxyl groups is 1. The van der Waals surface area contributed by atoms with E-state index in [0.717, 1.165) is 18.7 Å². The lowest BCUT2D eigenvalue weighted by atomic mass is 9.84. The average Bonchev–Trinajstić information content (AvgIpc) is 2.30. The standard InChI is InChI=1S/C12H16FNO/c13-9-10-2-1-3-11(8-10)12(15)4-6-14-7-5-12/h1-3,8,14-15H,4-7,9H2. The highest BCUT2D eigenvalue weighted by molar-refractivity contribution is 5.28. The van der Waals surface area contributed by atoms with Gasteiger partial charge in [0.15, 0.2) is 0 Å². The Morgan fingerprint density at radius 3 is 2.73 bits per heavy atom. The van der Waals surface area contributed by atoms with E-state index < -0.39 is 12.3 Å². The molecule has 2 nitrogen and oxygen atoms in total. The minimum atomic E-state index is -0.767. The van der Waals surface area contributed by atoms with Gasteiger partial charge in [0.05, 0.1) is 5.60 Å². The van der Waals surface area contributed by atoms with E-state index in [1.54, 1.807) is 12.1 Å². The molecule has 1 aliphatic heterocycles. The van der Waals surface area contributed by atoms with Crippen LogP contribution in [-0.2, 0) is 12.3 Å². The second-order valence-electron chi connectivity index (χ2n) is 4.12. The maximum Gasteiger partial charge on any atom is 0.115 e. The first-order chi connectivity index (χ1) is 7.24. The summed E-state index contributed by atoms with van der Waals surface area (Å²) in [7, 11) is 0. The van der Waals surface area contributed by atoms with Gasteiger partial charge in [0, 0.05) is 0 Å². The number of halogens is 1. The predicted octanol–water partition coefficient (Wildman–Crippen LogP) is 1.73. The second-order valence-corrected chi connectivity index (χ2v) is 4.12. The Labute approximate surface area is 89.1 Å². The fourth-order valence-electron chi connectivity index (χ4n) is 2.07. The van der Waals surface area contributed by atoms with E-state index in [4.69, 9.17) is 0 Å². The highest BCUT2D eigenvalue weighted by Gasteiger charge is 2.30. The van der Waals surface area contributed by atoms with Crippen molar-refractivity contribution in [3.63, 3.8) is 0 Å². The van der Waals surface area contributed by atoms with Crippen LogP contribution in [0.15, 0.2) is 24.3 Å². The van der Waals surface area contributed by atoms with Crippen molar-refractivity contribution in [2.45, 2.75) is 25.1 Å². The van der Waals surface area contributed by atoms with Gasteiger partial charge in [0.2, 0.25) is 0 Å². The van der Waals surface area contributed by atoms with E-state index in [0.29, 0.717) is 18.4 Å². The Balaban J connectivity index is 2.26. The number of nitrogens with one attached hydrogen (secondary N) is 1. The van der Waals surface area contributed by atoms with Gasteiger partial charge in [-0.2, -0.15) is 0 Å². The number of rotatable bonds is 2. The summed E-state index contributed by atoms with van der Waals surface area (Å²) in [5, 5.41) is 13.6. The smallest absolute Gasteiger partial charge is 0.115 e. The lowest BCUT2D eigenvalue weighted by Gasteiger charge is -2.33. The molecule has 82 valence electrons. The lowest BCUT2D eigenvalue weighted by molar-refractivity contribution is 0.00585. The average molecular weight is 209 g/mol. The van der Waals surface area contributed by atoms with Crippen LogP contribution in [0.1, 0.15) is 24.0 Å². The molecule has 0 saturated carbocycles. The molecule has 0 radical (unpaired) electrons. The van der Waals surface area contributed by atoms with Crippen molar-refractivity contribution in [1.29, 1.82) is 0 Å². The van der Waals surface area contributed by atoms with E-state index >= 15 is 0 Å². The maximum absolute atomic E-state index is 12.5. The molecule has 1 fully saturated rings. The normalized spacial score (nSPS) is 20.1. The van der Waals surface area contributed by atoms with Gasteiger partial charge in [-0.05, 0) is 37.1 Å². The van der Waals surface area contributed by atoms with Crippen LogP contribution in [-0.4, -0.2) is 18.2 Å². The zero-order valence-corrected chi connectivity index (χ0v) is 8.67. The SMILES string of the molecule is OC1(c2cccc(CF)c2)CCNCC1. The zero-order chi connectivity index (χ0) is 10.7. The van der Waals surface area contributed by atoms with Crippen molar-refractivity contribution in [2.75, 3.05) is 13.1 Å². The minimum absolute atomic E-state index is 0.470. The van der Waals surface area contributed by atoms with E-state index in [1.807, 2.05) is 12.1 Å². The highest BCUT2D eigenvalue weighted by Crippen LogP contribution is 2.30. The number of hydrogen-bond donors (Lipinski definition) is 2. The summed E-state index contributed by atoms with van der Waals surface area (Å²) >= 11 is 0. The number of alkyl halides is 1. The summed E-state index contributed by atoms with van der Waals surface area (Å²) in [6.45, 7) is 1.16. The molecule has 1 aromatic carbocycles. The van der Waals surface area contributed by atoms with Gasteiger partial charge in [-0.15, -0.1) is 0 Å². The van der Waals surface area contributed by atoms with E-state index in [9.17, 15) is 9.50 Å². The van der Waals surface area contributed by atoms with Crippen molar-refractivity contribution in [3.8, 4) is 0 Å². The molecular weight excluding hydrogens is 193 g/mol. The molecule has 2 rings (SSSR count). The Kier molecular flexibility index (Phi) is 3.03. The van der Waals surface area contributed by atoms with Gasteiger partial charge in [-0.3, -0.25) is 0 Å². The molecule has 1 aromatic rings. The summed E-state index contributed by atoms with van der Waals surface area (Å²) in [6, 6.07) is 7.20. The molecule has 0 bridgehead atoms. The molecule has 2 N–H and O–H groups in total. The Morgan fingerprint density at radius 2 is 2.07 bits per heavy atom. The Hall–Kier alpha value is -0.930. The van der Waals surface area contributed by atoms with Crippen molar-refractivity contribution < 1.29 is 9.50 Å². The summed E-state index contributed by atoms with van der Waals surface area (Å²) in [4.78, 5) is 0. The van der Waals surface area contributed by atoms with E-state index in [1.165, 1.54) is 0 Å². The molecule has 15 heavy (non-hydrogen) atoms. The fourth-order valence-corrected chi connectivity index (χ4v) is 2.07. The molecule has 0 aromatic heterocycles. The fraction of sp³-hybridized carbons (Fsp3) is 0.500. The first-order valence-electron chi connectivity index (χ1n) is 5.33. The van der Waals surface area contributed by atoms with Crippen molar-refractivity contribution in [1.82, 2.24) is 5.32 Å². The topological polar surface area (TPSA) is 32.3 Å². The summed E-state index contributed by atoms with van der Waals surface area (Å²) in [5.41, 5.74) is 0.717. The van der Waals surface area contributed by atoms with Gasteiger partial charge < -0.3 is 10.4 Å². The first-order valence-corrected chi connectivity index (χ1v) is 5.33. The molecule has 3 heteroatoms. The monoisotopic (exact) mass is 209 g/mol. The van der Waals surface area contributed by atoms with Crippen molar-refractivity contribution in [3.05, 3.63) is 35.4 Å². The van der Waals surface area contributed by atoms with Crippen LogP contribution in [0, 0.1) is 0 Å². The van der Waals surface area contributed by atoms with Crippen molar-refractivity contribution in [2.24, 2.45) is 0 Å². The molecule has 1 saturated heterocycles. The first kappa shape index (κ1) is 10.6. The molecule has 0 spiro atoms. The van der Waals surface area contributed by atoms with Crippen LogP contribution in [0.4, 0.5) is 4.39 Å². The molecule has 1 aliphatic rings. The summed E-state index contributed by atoms with van der Waals surface area (Å²) in [6.07, 6.45) is 1.39. The predicted molar refractivity (Wildman–Crippen MR) is 57.3 cm³/mol. The van der Waals surface area contributed by atoms with Gasteiger partial charge >= 0.3 is 0 Å². The number of piperidine rings is 1. The van der Waals surface area contributed by atoms with Crippen LogP contribution in [0.5, 0.6) is 0 Å². The Bertz CT molecular complexity index is 334. The van der Waals surface area contributed by atoms with Crippen molar-refractivity contribution >= 4 is 0 Å². The van der Waals surface area contributed by atoms with Crippen LogP contribution in [0.2, 0.25) is 0 Å². The lowest BCUT2D eigenvalue weighted by Crippen LogP contribution is -2.39. The highest BCUT2D eigenvalue weighted by atomic mass is 19.1. The second kappa shape index (κ2) is 4.29. The third kappa shape index (κ3) is 2.19. The largest absolute Gasteiger partial charge is 0.385 e. The number of hydrogen-bond acceptors (Lipinski definition) is 2. The third-order valence-electron chi connectivity index (χ3n) is 3.05. The van der Waals surface area contributed by atoms with E-state index in [2.05, 4.69) is 5.32 Å². The zero-order valence-electron chi connectivity index (χ0n) is 8.67. The van der Waals surface area contributed by atoms with Crippen LogP contribution >= 0.6 is 0 Å². The third-order valence-corrected chi connectivity index (χ3v) is 3.05. The molecule has 0 aliphatic carbocycles. The van der Waals surface area contributed by atoms with E-state index in [-0.39, 0.29) is 0 Å². The molecule has 0 unspecified atom stereocenters. The summed E-state index contributed by atoms with van der Waals surface area (Å²) in [5.74, 6) is 0. The van der Waals surface area contributed by atoms with Crippen LogP contribution < -0.4 is 5.32 Å². The molecule has 1 heterocycles. The van der Waals surface area contributed by atoms with Gasteiger partial charge in [0.1, 0.15) is 6.67 Å². The van der Waals surface area contributed by atoms with Gasteiger partial charge in [0.25, 0.3) is 0 Å². The van der Waals surface area contributed by atoms with Gasteiger partial charge in [-0.25, -0.2) is 4.39 Å². The summed E-state index contributed by atoms with van der Waals surface area (Å²) < 4.78 is 12.5. The molecular formula is C12H16FNO. The van der Waals surface area contributed by atoms with Gasteiger partial charge in [-0.1, -0.05) is 24.3 Å². The molecule has 0 amide bonds. The number of benzene rings is 1. The Morgan fingerprint density at radius 1 is 1.33 bits per heavy atom. The maximum atomic E-state index is 12.5. The van der Waals surface area contributed by atoms with Crippen LogP contribution in [0.25, 0.3) is 0 Å². The van der Waals surface area contributed by atoms with Crippen LogP contribution in [0.3, 0.4) is 0 Å².